The zero-order chi connectivity index (χ0) is 18.5. The number of benzene rings is 2. The molecule has 1 amide bonds. The van der Waals surface area contributed by atoms with Crippen LogP contribution < -0.4 is 14.8 Å². The normalized spacial score (nSPS) is 12.8. The van der Waals surface area contributed by atoms with E-state index in [4.69, 9.17) is 25.8 Å². The van der Waals surface area contributed by atoms with Gasteiger partial charge >= 0.3 is 5.97 Å². The number of halogens is 2. The number of hydrogen-bond donors (Lipinski definition) is 1. The summed E-state index contributed by atoms with van der Waals surface area (Å²) in [5.74, 6) is -0.331. The second kappa shape index (κ2) is 8.42. The quantitative estimate of drug-likeness (QED) is 0.726. The van der Waals surface area contributed by atoms with E-state index in [0.29, 0.717) is 30.4 Å². The Labute approximate surface area is 163 Å². The van der Waals surface area contributed by atoms with Gasteiger partial charge in [-0.15, -0.1) is 0 Å². The SMILES string of the molecule is O=C(COC(=O)c1cc(Cl)c2c(c1)OCCCO2)Nc1ccccc1Br. The first-order valence-corrected chi connectivity index (χ1v) is 9.02. The maximum Gasteiger partial charge on any atom is 0.338 e. The van der Waals surface area contributed by atoms with Crippen molar-refractivity contribution >= 4 is 45.1 Å². The molecular formula is C18H15BrClNO5. The van der Waals surface area contributed by atoms with E-state index >= 15 is 0 Å². The zero-order valence-corrected chi connectivity index (χ0v) is 15.9. The molecule has 136 valence electrons. The Balaban J connectivity index is 1.63. The van der Waals surface area contributed by atoms with E-state index in [1.807, 2.05) is 6.07 Å². The highest BCUT2D eigenvalue weighted by atomic mass is 79.9. The Morgan fingerprint density at radius 3 is 2.77 bits per heavy atom. The van der Waals surface area contributed by atoms with Crippen LogP contribution in [0.25, 0.3) is 0 Å². The molecule has 0 aliphatic carbocycles. The van der Waals surface area contributed by atoms with Crippen molar-refractivity contribution in [2.24, 2.45) is 0 Å². The van der Waals surface area contributed by atoms with E-state index in [1.165, 1.54) is 12.1 Å². The molecule has 0 aromatic heterocycles. The Kier molecular flexibility index (Phi) is 6.00. The number of nitrogens with one attached hydrogen (secondary N) is 1. The minimum atomic E-state index is -0.676. The van der Waals surface area contributed by atoms with Crippen LogP contribution in [0.15, 0.2) is 40.9 Å². The minimum absolute atomic E-state index is 0.188. The van der Waals surface area contributed by atoms with Crippen molar-refractivity contribution in [3.63, 3.8) is 0 Å². The van der Waals surface area contributed by atoms with Gasteiger partial charge in [0.1, 0.15) is 0 Å². The van der Waals surface area contributed by atoms with Crippen molar-refractivity contribution < 1.29 is 23.8 Å². The second-order valence-corrected chi connectivity index (χ2v) is 6.70. The molecule has 0 atom stereocenters. The van der Waals surface area contributed by atoms with Crippen LogP contribution in [-0.2, 0) is 9.53 Å². The molecule has 0 spiro atoms. The second-order valence-electron chi connectivity index (χ2n) is 5.44. The summed E-state index contributed by atoms with van der Waals surface area (Å²) >= 11 is 9.48. The van der Waals surface area contributed by atoms with Crippen molar-refractivity contribution in [2.75, 3.05) is 25.1 Å². The van der Waals surface area contributed by atoms with Gasteiger partial charge in [0.05, 0.1) is 29.5 Å². The van der Waals surface area contributed by atoms with Gasteiger partial charge in [-0.25, -0.2) is 4.79 Å². The van der Waals surface area contributed by atoms with Gasteiger partial charge in [-0.05, 0) is 40.2 Å². The number of hydrogen-bond acceptors (Lipinski definition) is 5. The number of rotatable bonds is 4. The molecule has 2 aromatic rings. The maximum absolute atomic E-state index is 12.2. The summed E-state index contributed by atoms with van der Waals surface area (Å²) in [6.45, 7) is 0.536. The number of carbonyl (C=O) groups excluding carboxylic acids is 2. The Hall–Kier alpha value is -2.25. The predicted octanol–water partition coefficient (Wildman–Crippen LogP) is 4.06. The molecule has 1 heterocycles. The van der Waals surface area contributed by atoms with E-state index in [-0.39, 0.29) is 10.6 Å². The summed E-state index contributed by atoms with van der Waals surface area (Å²) in [6, 6.07) is 10.1. The Bertz CT molecular complexity index is 842. The molecule has 0 saturated carbocycles. The lowest BCUT2D eigenvalue weighted by molar-refractivity contribution is -0.119. The molecule has 0 bridgehead atoms. The van der Waals surface area contributed by atoms with Crippen LogP contribution in [0.3, 0.4) is 0 Å². The highest BCUT2D eigenvalue weighted by molar-refractivity contribution is 9.10. The molecule has 3 rings (SSSR count). The largest absolute Gasteiger partial charge is 0.489 e. The van der Waals surface area contributed by atoms with Gasteiger partial charge < -0.3 is 19.5 Å². The number of fused-ring (bicyclic) bond motifs is 1. The monoisotopic (exact) mass is 439 g/mol. The molecule has 8 heteroatoms. The fourth-order valence-electron chi connectivity index (χ4n) is 2.31. The summed E-state index contributed by atoms with van der Waals surface area (Å²) in [6.07, 6.45) is 0.722. The molecule has 0 unspecified atom stereocenters. The maximum atomic E-state index is 12.2. The standard InChI is InChI=1S/C18H15BrClNO5/c19-12-4-1-2-5-14(12)21-16(22)10-26-18(23)11-8-13(20)17-15(9-11)24-6-3-7-25-17/h1-2,4-5,8-9H,3,6-7,10H2,(H,21,22). The van der Waals surface area contributed by atoms with E-state index in [9.17, 15) is 9.59 Å². The van der Waals surface area contributed by atoms with Crippen LogP contribution in [0.5, 0.6) is 11.5 Å². The van der Waals surface area contributed by atoms with Crippen molar-refractivity contribution in [3.8, 4) is 11.5 Å². The van der Waals surface area contributed by atoms with Crippen LogP contribution in [0, 0.1) is 0 Å². The first-order valence-electron chi connectivity index (χ1n) is 7.85. The first-order chi connectivity index (χ1) is 12.5. The number of ether oxygens (including phenoxy) is 3. The molecular weight excluding hydrogens is 426 g/mol. The van der Waals surface area contributed by atoms with Gasteiger partial charge in [0.25, 0.3) is 5.91 Å². The lowest BCUT2D eigenvalue weighted by atomic mass is 10.2. The molecule has 0 saturated heterocycles. The predicted molar refractivity (Wildman–Crippen MR) is 100 cm³/mol. The summed E-state index contributed by atoms with van der Waals surface area (Å²) < 4.78 is 16.8. The van der Waals surface area contributed by atoms with Crippen molar-refractivity contribution in [2.45, 2.75) is 6.42 Å². The average Bonchev–Trinajstić information content (AvgIpc) is 2.87. The van der Waals surface area contributed by atoms with Crippen LogP contribution in [0.2, 0.25) is 5.02 Å². The number of esters is 1. The Morgan fingerprint density at radius 1 is 1.19 bits per heavy atom. The lowest BCUT2D eigenvalue weighted by Crippen LogP contribution is -2.21. The van der Waals surface area contributed by atoms with Crippen LogP contribution in [-0.4, -0.2) is 31.7 Å². The number of amides is 1. The first kappa shape index (κ1) is 18.5. The third-order valence-corrected chi connectivity index (χ3v) is 4.49. The highest BCUT2D eigenvalue weighted by Gasteiger charge is 2.20. The number of anilines is 1. The van der Waals surface area contributed by atoms with Gasteiger partial charge in [-0.2, -0.15) is 0 Å². The zero-order valence-electron chi connectivity index (χ0n) is 13.6. The fourth-order valence-corrected chi connectivity index (χ4v) is 2.96. The summed E-state index contributed by atoms with van der Waals surface area (Å²) in [5, 5.41) is 2.91. The summed E-state index contributed by atoms with van der Waals surface area (Å²) in [7, 11) is 0. The van der Waals surface area contributed by atoms with Gasteiger partial charge in [-0.1, -0.05) is 23.7 Å². The number of para-hydroxylation sites is 1. The smallest absolute Gasteiger partial charge is 0.338 e. The van der Waals surface area contributed by atoms with Crippen molar-refractivity contribution in [1.29, 1.82) is 0 Å². The number of carbonyl (C=O) groups is 2. The molecule has 1 aliphatic rings. The third-order valence-electron chi connectivity index (χ3n) is 3.52. The lowest BCUT2D eigenvalue weighted by Gasteiger charge is -2.11. The highest BCUT2D eigenvalue weighted by Crippen LogP contribution is 2.38. The van der Waals surface area contributed by atoms with E-state index in [0.717, 1.165) is 10.9 Å². The molecule has 0 fully saturated rings. The Morgan fingerprint density at radius 2 is 1.96 bits per heavy atom. The molecule has 1 N–H and O–H groups in total. The molecule has 26 heavy (non-hydrogen) atoms. The summed E-state index contributed by atoms with van der Waals surface area (Å²) in [4.78, 5) is 24.2. The van der Waals surface area contributed by atoms with Crippen molar-refractivity contribution in [3.05, 3.63) is 51.5 Å². The van der Waals surface area contributed by atoms with Gasteiger partial charge in [0.15, 0.2) is 18.1 Å². The van der Waals surface area contributed by atoms with Crippen LogP contribution in [0.1, 0.15) is 16.8 Å². The molecule has 6 nitrogen and oxygen atoms in total. The molecule has 2 aromatic carbocycles. The van der Waals surface area contributed by atoms with Crippen LogP contribution >= 0.6 is 27.5 Å². The van der Waals surface area contributed by atoms with Gasteiger partial charge in [0, 0.05) is 10.9 Å². The van der Waals surface area contributed by atoms with E-state index in [1.54, 1.807) is 18.2 Å². The fraction of sp³-hybridized carbons (Fsp3) is 0.222. The van der Waals surface area contributed by atoms with E-state index < -0.39 is 18.5 Å². The van der Waals surface area contributed by atoms with Gasteiger partial charge in [0.2, 0.25) is 0 Å². The van der Waals surface area contributed by atoms with Gasteiger partial charge in [-0.3, -0.25) is 4.79 Å². The molecule has 1 aliphatic heterocycles. The average molecular weight is 441 g/mol. The van der Waals surface area contributed by atoms with Crippen molar-refractivity contribution in [1.82, 2.24) is 0 Å². The minimum Gasteiger partial charge on any atom is -0.489 e. The van der Waals surface area contributed by atoms with E-state index in [2.05, 4.69) is 21.2 Å². The topological polar surface area (TPSA) is 73.9 Å². The molecule has 0 radical (unpaired) electrons. The van der Waals surface area contributed by atoms with Crippen LogP contribution in [0.4, 0.5) is 5.69 Å². The summed E-state index contributed by atoms with van der Waals surface area (Å²) in [5.41, 5.74) is 0.778. The third kappa shape index (κ3) is 4.47.